The van der Waals surface area contributed by atoms with Crippen LogP contribution in [0.25, 0.3) is 0 Å². The summed E-state index contributed by atoms with van der Waals surface area (Å²) in [4.78, 5) is 9.74. The largest absolute Gasteiger partial charge is 0.382 e. The molecule has 118 valence electrons. The predicted octanol–water partition coefficient (Wildman–Crippen LogP) is 0.585. The highest BCUT2D eigenvalue weighted by Gasteiger charge is 2.25. The van der Waals surface area contributed by atoms with E-state index in [2.05, 4.69) is 10.1 Å². The van der Waals surface area contributed by atoms with Crippen molar-refractivity contribution in [3.05, 3.63) is 28.3 Å². The number of nitrogen functional groups attached to an aromatic ring is 1. The normalized spacial score (nSPS) is 11.3. The molecule has 0 saturated carbocycles. The molecule has 0 radical (unpaired) electrons. The quantitative estimate of drug-likeness (QED) is 0.262. The van der Waals surface area contributed by atoms with Gasteiger partial charge >= 0.3 is 0 Å². The molecule has 0 bridgehead atoms. The summed E-state index contributed by atoms with van der Waals surface area (Å²) < 4.78 is 31.6. The molecule has 0 aromatic heterocycles. The van der Waals surface area contributed by atoms with Crippen LogP contribution in [0.3, 0.4) is 0 Å². The number of nitro benzene ring substituents is 1. The van der Waals surface area contributed by atoms with Crippen molar-refractivity contribution in [3.8, 4) is 0 Å². The van der Waals surface area contributed by atoms with Crippen molar-refractivity contribution in [2.75, 3.05) is 25.2 Å². The number of rotatable bonds is 9. The van der Waals surface area contributed by atoms with Gasteiger partial charge in [0.05, 0.1) is 10.6 Å². The second-order valence-electron chi connectivity index (χ2n) is 4.03. The molecule has 0 atom stereocenters. The highest BCUT2D eigenvalue weighted by Crippen LogP contribution is 2.26. The molecule has 0 saturated heterocycles. The van der Waals surface area contributed by atoms with Crippen LogP contribution < -0.4 is 16.0 Å². The first kappa shape index (κ1) is 17.3. The topological polar surface area (TPSA) is 137 Å². The zero-order valence-electron chi connectivity index (χ0n) is 11.5. The zero-order valence-corrected chi connectivity index (χ0v) is 12.4. The summed E-state index contributed by atoms with van der Waals surface area (Å²) in [7, 11) is -4.00. The van der Waals surface area contributed by atoms with Gasteiger partial charge in [-0.25, -0.2) is 13.1 Å². The fourth-order valence-electron chi connectivity index (χ4n) is 1.57. The molecule has 0 aliphatic rings. The van der Waals surface area contributed by atoms with Gasteiger partial charge in [-0.1, -0.05) is 0 Å². The standard InChI is InChI=1S/C11H18N4O5S/c1-2-20-7-3-6-13-21(18,19)11-8-9(14-12)4-5-10(11)15(16)17/h4-5,8,13-14H,2-3,6-7,12H2,1H3. The van der Waals surface area contributed by atoms with Gasteiger partial charge < -0.3 is 10.2 Å². The van der Waals surface area contributed by atoms with E-state index < -0.39 is 25.5 Å². The van der Waals surface area contributed by atoms with Crippen molar-refractivity contribution >= 4 is 21.4 Å². The van der Waals surface area contributed by atoms with Gasteiger partial charge in [0.1, 0.15) is 0 Å². The molecule has 1 aromatic rings. The second-order valence-corrected chi connectivity index (χ2v) is 5.77. The monoisotopic (exact) mass is 318 g/mol. The van der Waals surface area contributed by atoms with Crippen LogP contribution in [0.1, 0.15) is 13.3 Å². The minimum atomic E-state index is -4.00. The maximum absolute atomic E-state index is 12.1. The number of ether oxygens (including phenoxy) is 1. The Hall–Kier alpha value is -1.75. The number of nitrogens with two attached hydrogens (primary N) is 1. The third kappa shape index (κ3) is 4.93. The second kappa shape index (κ2) is 7.88. The Morgan fingerprint density at radius 3 is 2.71 bits per heavy atom. The maximum Gasteiger partial charge on any atom is 0.289 e. The van der Waals surface area contributed by atoms with Gasteiger partial charge in [0.2, 0.25) is 10.0 Å². The van der Waals surface area contributed by atoms with Crippen LogP contribution in [-0.2, 0) is 14.8 Å². The lowest BCUT2D eigenvalue weighted by Gasteiger charge is -2.09. The van der Waals surface area contributed by atoms with Gasteiger partial charge in [-0.3, -0.25) is 16.0 Å². The first-order valence-corrected chi connectivity index (χ1v) is 7.73. The Morgan fingerprint density at radius 2 is 2.14 bits per heavy atom. The van der Waals surface area contributed by atoms with Crippen molar-refractivity contribution in [2.45, 2.75) is 18.2 Å². The number of nitrogens with zero attached hydrogens (tertiary/aromatic N) is 1. The number of hydrogen-bond donors (Lipinski definition) is 3. The van der Waals surface area contributed by atoms with E-state index in [1.54, 1.807) is 0 Å². The van der Waals surface area contributed by atoms with Gasteiger partial charge in [-0.05, 0) is 25.5 Å². The van der Waals surface area contributed by atoms with Gasteiger partial charge in [-0.15, -0.1) is 0 Å². The number of sulfonamides is 1. The summed E-state index contributed by atoms with van der Waals surface area (Å²) in [6.07, 6.45) is 0.468. The van der Waals surface area contributed by atoms with Crippen molar-refractivity contribution in [3.63, 3.8) is 0 Å². The number of hydrogen-bond acceptors (Lipinski definition) is 7. The Bertz CT molecular complexity index is 590. The molecule has 0 amide bonds. The van der Waals surface area contributed by atoms with Gasteiger partial charge in [-0.2, -0.15) is 0 Å². The number of nitrogens with one attached hydrogen (secondary N) is 2. The van der Waals surface area contributed by atoms with E-state index in [0.717, 1.165) is 12.1 Å². The van der Waals surface area contributed by atoms with Crippen LogP contribution in [0.2, 0.25) is 0 Å². The molecule has 1 rings (SSSR count). The van der Waals surface area contributed by atoms with E-state index in [1.807, 2.05) is 6.92 Å². The lowest BCUT2D eigenvalue weighted by atomic mass is 10.3. The maximum atomic E-state index is 12.1. The summed E-state index contributed by atoms with van der Waals surface area (Å²) in [5.41, 5.74) is 2.01. The average molecular weight is 318 g/mol. The first-order valence-electron chi connectivity index (χ1n) is 6.25. The first-order chi connectivity index (χ1) is 9.92. The molecule has 0 fully saturated rings. The third-order valence-electron chi connectivity index (χ3n) is 2.57. The molecule has 4 N–H and O–H groups in total. The van der Waals surface area contributed by atoms with Crippen LogP contribution in [-0.4, -0.2) is 33.1 Å². The van der Waals surface area contributed by atoms with E-state index in [1.165, 1.54) is 6.07 Å². The zero-order chi connectivity index (χ0) is 15.9. The van der Waals surface area contributed by atoms with Crippen molar-refractivity contribution in [1.29, 1.82) is 0 Å². The third-order valence-corrected chi connectivity index (χ3v) is 4.06. The summed E-state index contributed by atoms with van der Waals surface area (Å²) in [6.45, 7) is 2.91. The van der Waals surface area contributed by atoms with Crippen molar-refractivity contribution in [1.82, 2.24) is 4.72 Å². The SMILES string of the molecule is CCOCCCNS(=O)(=O)c1cc(NN)ccc1[N+](=O)[O-]. The number of anilines is 1. The molecular formula is C11H18N4O5S. The van der Waals surface area contributed by atoms with E-state index >= 15 is 0 Å². The Kier molecular flexibility index (Phi) is 6.49. The Balaban J connectivity index is 2.92. The van der Waals surface area contributed by atoms with E-state index in [0.29, 0.717) is 19.6 Å². The van der Waals surface area contributed by atoms with Crippen LogP contribution in [0.4, 0.5) is 11.4 Å². The fraction of sp³-hybridized carbons (Fsp3) is 0.455. The molecule has 0 unspecified atom stereocenters. The van der Waals surface area contributed by atoms with Gasteiger partial charge in [0.25, 0.3) is 5.69 Å². The highest BCUT2D eigenvalue weighted by molar-refractivity contribution is 7.89. The molecule has 21 heavy (non-hydrogen) atoms. The Morgan fingerprint density at radius 1 is 1.43 bits per heavy atom. The molecule has 0 aliphatic carbocycles. The van der Waals surface area contributed by atoms with Crippen molar-refractivity contribution in [2.24, 2.45) is 5.84 Å². The van der Waals surface area contributed by atoms with Crippen LogP contribution >= 0.6 is 0 Å². The lowest BCUT2D eigenvalue weighted by molar-refractivity contribution is -0.387. The summed E-state index contributed by atoms with van der Waals surface area (Å²) in [5.74, 6) is 5.19. The molecule has 10 heteroatoms. The average Bonchev–Trinajstić information content (AvgIpc) is 2.46. The molecule has 0 aliphatic heterocycles. The summed E-state index contributed by atoms with van der Waals surface area (Å²) in [5, 5.41) is 10.9. The minimum absolute atomic E-state index is 0.125. The van der Waals surface area contributed by atoms with Gasteiger partial charge in [0, 0.05) is 25.8 Å². The highest BCUT2D eigenvalue weighted by atomic mass is 32.2. The van der Waals surface area contributed by atoms with Gasteiger partial charge in [0.15, 0.2) is 4.90 Å². The van der Waals surface area contributed by atoms with Crippen LogP contribution in [0.15, 0.2) is 23.1 Å². The smallest absolute Gasteiger partial charge is 0.289 e. The molecule has 1 aromatic carbocycles. The van der Waals surface area contributed by atoms with E-state index in [-0.39, 0.29) is 12.2 Å². The molecule has 9 nitrogen and oxygen atoms in total. The minimum Gasteiger partial charge on any atom is -0.382 e. The summed E-state index contributed by atoms with van der Waals surface area (Å²) in [6, 6.07) is 3.53. The number of nitro groups is 1. The number of hydrazine groups is 1. The molecule has 0 heterocycles. The number of benzene rings is 1. The Labute approximate surface area is 122 Å². The lowest BCUT2D eigenvalue weighted by Crippen LogP contribution is -2.26. The van der Waals surface area contributed by atoms with Crippen LogP contribution in [0.5, 0.6) is 0 Å². The molecule has 0 spiro atoms. The fourth-order valence-corrected chi connectivity index (χ4v) is 2.84. The predicted molar refractivity (Wildman–Crippen MR) is 77.2 cm³/mol. The van der Waals surface area contributed by atoms with E-state index in [4.69, 9.17) is 10.6 Å². The van der Waals surface area contributed by atoms with E-state index in [9.17, 15) is 18.5 Å². The van der Waals surface area contributed by atoms with Crippen LogP contribution in [0, 0.1) is 10.1 Å². The summed E-state index contributed by atoms with van der Waals surface area (Å²) >= 11 is 0. The van der Waals surface area contributed by atoms with Crippen molar-refractivity contribution < 1.29 is 18.1 Å². The molecular weight excluding hydrogens is 300 g/mol.